The molecule has 1 N–H and O–H groups in total. The highest BCUT2D eigenvalue weighted by atomic mass is 16.5. The molecule has 2 aromatic carbocycles. The molecule has 3 rings (SSSR count). The highest BCUT2D eigenvalue weighted by molar-refractivity contribution is 5.95. The van der Waals surface area contributed by atoms with E-state index in [1.54, 1.807) is 23.1 Å². The molecular weight excluding hydrogens is 384 g/mol. The molecule has 0 aliphatic carbocycles. The van der Waals surface area contributed by atoms with Crippen molar-refractivity contribution in [3.63, 3.8) is 0 Å². The summed E-state index contributed by atoms with van der Waals surface area (Å²) in [6.07, 6.45) is 0. The van der Waals surface area contributed by atoms with Crippen LogP contribution in [0.25, 0.3) is 0 Å². The number of morpholine rings is 1. The lowest BCUT2D eigenvalue weighted by Gasteiger charge is -2.26. The fourth-order valence-electron chi connectivity index (χ4n) is 3.19. The third kappa shape index (κ3) is 5.73. The highest BCUT2D eigenvalue weighted by Crippen LogP contribution is 2.29. The van der Waals surface area contributed by atoms with Gasteiger partial charge in [0.1, 0.15) is 0 Å². The van der Waals surface area contributed by atoms with Gasteiger partial charge in [-0.3, -0.25) is 9.59 Å². The predicted molar refractivity (Wildman–Crippen MR) is 113 cm³/mol. The third-order valence-corrected chi connectivity index (χ3v) is 4.87. The zero-order valence-electron chi connectivity index (χ0n) is 17.4. The van der Waals surface area contributed by atoms with Crippen LogP contribution in [0.4, 0.5) is 0 Å². The Morgan fingerprint density at radius 3 is 2.50 bits per heavy atom. The molecule has 1 aliphatic rings. The Morgan fingerprint density at radius 1 is 1.07 bits per heavy atom. The number of hydrogen-bond donors (Lipinski definition) is 1. The summed E-state index contributed by atoms with van der Waals surface area (Å²) in [5.41, 5.74) is 1.49. The Morgan fingerprint density at radius 2 is 1.80 bits per heavy atom. The minimum Gasteiger partial charge on any atom is -0.490 e. The topological polar surface area (TPSA) is 77.1 Å². The summed E-state index contributed by atoms with van der Waals surface area (Å²) in [5, 5.41) is 2.99. The van der Waals surface area contributed by atoms with Crippen molar-refractivity contribution in [2.45, 2.75) is 19.9 Å². The van der Waals surface area contributed by atoms with E-state index in [0.717, 1.165) is 5.56 Å². The second-order valence-electron chi connectivity index (χ2n) is 6.98. The van der Waals surface area contributed by atoms with Crippen LogP contribution in [-0.4, -0.2) is 56.2 Å². The Kier molecular flexibility index (Phi) is 7.68. The van der Waals surface area contributed by atoms with Crippen molar-refractivity contribution >= 4 is 11.8 Å². The molecule has 0 bridgehead atoms. The first-order valence-electron chi connectivity index (χ1n) is 10.2. The summed E-state index contributed by atoms with van der Waals surface area (Å²) in [7, 11) is 0. The van der Waals surface area contributed by atoms with Crippen LogP contribution in [0.15, 0.2) is 48.5 Å². The molecule has 7 nitrogen and oxygen atoms in total. The normalized spacial score (nSPS) is 14.7. The standard InChI is InChI=1S/C23H28N2O5/c1-3-29-21-15-19(23(27)24-17(2)18-7-5-4-6-8-18)9-10-20(21)30-16-22(26)25-11-13-28-14-12-25/h4-10,15,17H,3,11-14,16H2,1-2H3,(H,24,27)/t17-/m0/s1. The van der Waals surface area contributed by atoms with Crippen molar-refractivity contribution in [2.24, 2.45) is 0 Å². The molecule has 1 heterocycles. The molecule has 1 atom stereocenters. The summed E-state index contributed by atoms with van der Waals surface area (Å²) in [6.45, 7) is 6.34. The number of carbonyl (C=O) groups is 2. The summed E-state index contributed by atoms with van der Waals surface area (Å²) >= 11 is 0. The van der Waals surface area contributed by atoms with E-state index >= 15 is 0 Å². The minimum atomic E-state index is -0.205. The first-order chi connectivity index (χ1) is 14.6. The summed E-state index contributed by atoms with van der Waals surface area (Å²) < 4.78 is 16.6. The van der Waals surface area contributed by atoms with Crippen molar-refractivity contribution in [2.75, 3.05) is 39.5 Å². The van der Waals surface area contributed by atoms with Gasteiger partial charge in [0, 0.05) is 18.7 Å². The van der Waals surface area contributed by atoms with E-state index < -0.39 is 0 Å². The molecule has 0 aromatic heterocycles. The molecule has 1 fully saturated rings. The molecule has 0 spiro atoms. The van der Waals surface area contributed by atoms with Crippen molar-refractivity contribution < 1.29 is 23.8 Å². The lowest BCUT2D eigenvalue weighted by Crippen LogP contribution is -2.43. The maximum Gasteiger partial charge on any atom is 0.260 e. The number of amides is 2. The third-order valence-electron chi connectivity index (χ3n) is 4.87. The number of carbonyl (C=O) groups excluding carboxylic acids is 2. The van der Waals surface area contributed by atoms with Gasteiger partial charge in [0.05, 0.1) is 25.9 Å². The van der Waals surface area contributed by atoms with Crippen LogP contribution in [0.1, 0.15) is 35.8 Å². The Balaban J connectivity index is 1.65. The number of nitrogens with one attached hydrogen (secondary N) is 1. The fraction of sp³-hybridized carbons (Fsp3) is 0.391. The van der Waals surface area contributed by atoms with Crippen LogP contribution < -0.4 is 14.8 Å². The molecule has 30 heavy (non-hydrogen) atoms. The van der Waals surface area contributed by atoms with Gasteiger partial charge in [-0.1, -0.05) is 30.3 Å². The zero-order valence-corrected chi connectivity index (χ0v) is 17.4. The van der Waals surface area contributed by atoms with Crippen LogP contribution in [0.2, 0.25) is 0 Å². The quantitative estimate of drug-likeness (QED) is 0.722. The smallest absolute Gasteiger partial charge is 0.260 e. The largest absolute Gasteiger partial charge is 0.490 e. The van der Waals surface area contributed by atoms with Crippen LogP contribution in [-0.2, 0) is 9.53 Å². The van der Waals surface area contributed by atoms with Crippen LogP contribution in [0.3, 0.4) is 0 Å². The van der Waals surface area contributed by atoms with Gasteiger partial charge < -0.3 is 24.4 Å². The number of rotatable bonds is 8. The van der Waals surface area contributed by atoms with Gasteiger partial charge in [-0.05, 0) is 37.6 Å². The zero-order chi connectivity index (χ0) is 21.3. The number of benzene rings is 2. The minimum absolute atomic E-state index is 0.0866. The maximum atomic E-state index is 12.7. The number of hydrogen-bond acceptors (Lipinski definition) is 5. The Bertz CT molecular complexity index is 850. The summed E-state index contributed by atoms with van der Waals surface area (Å²) in [5.74, 6) is 0.570. The SMILES string of the molecule is CCOc1cc(C(=O)N[C@@H](C)c2ccccc2)ccc1OCC(=O)N1CCOCC1. The highest BCUT2D eigenvalue weighted by Gasteiger charge is 2.19. The second kappa shape index (κ2) is 10.6. The molecule has 0 saturated carbocycles. The van der Waals surface area contributed by atoms with Gasteiger partial charge in [-0.15, -0.1) is 0 Å². The van der Waals surface area contributed by atoms with Crippen LogP contribution in [0, 0.1) is 0 Å². The molecule has 160 valence electrons. The van der Waals surface area contributed by atoms with Gasteiger partial charge >= 0.3 is 0 Å². The summed E-state index contributed by atoms with van der Waals surface area (Å²) in [4.78, 5) is 26.7. The van der Waals surface area contributed by atoms with Crippen molar-refractivity contribution in [3.8, 4) is 11.5 Å². The van der Waals surface area contributed by atoms with Gasteiger partial charge in [0.25, 0.3) is 11.8 Å². The van der Waals surface area contributed by atoms with E-state index in [1.807, 2.05) is 44.2 Å². The molecule has 0 radical (unpaired) electrons. The fourth-order valence-corrected chi connectivity index (χ4v) is 3.19. The number of ether oxygens (including phenoxy) is 3. The monoisotopic (exact) mass is 412 g/mol. The van der Waals surface area contributed by atoms with Gasteiger partial charge in [-0.2, -0.15) is 0 Å². The van der Waals surface area contributed by atoms with Gasteiger partial charge in [-0.25, -0.2) is 0 Å². The van der Waals surface area contributed by atoms with E-state index in [4.69, 9.17) is 14.2 Å². The van der Waals surface area contributed by atoms with Gasteiger partial charge in [0.15, 0.2) is 18.1 Å². The van der Waals surface area contributed by atoms with E-state index in [-0.39, 0.29) is 24.5 Å². The molecule has 2 aromatic rings. The molecule has 2 amide bonds. The van der Waals surface area contributed by atoms with Crippen molar-refractivity contribution in [1.29, 1.82) is 0 Å². The lowest BCUT2D eigenvalue weighted by atomic mass is 10.1. The summed E-state index contributed by atoms with van der Waals surface area (Å²) in [6, 6.07) is 14.6. The molecular formula is C23H28N2O5. The van der Waals surface area contributed by atoms with E-state index in [9.17, 15) is 9.59 Å². The van der Waals surface area contributed by atoms with Crippen LogP contribution >= 0.6 is 0 Å². The molecule has 0 unspecified atom stereocenters. The molecule has 7 heteroatoms. The Labute approximate surface area is 176 Å². The molecule has 1 saturated heterocycles. The predicted octanol–water partition coefficient (Wildman–Crippen LogP) is 2.81. The average molecular weight is 412 g/mol. The Hall–Kier alpha value is -3.06. The van der Waals surface area contributed by atoms with E-state index in [2.05, 4.69) is 5.32 Å². The van der Waals surface area contributed by atoms with E-state index in [1.165, 1.54) is 0 Å². The van der Waals surface area contributed by atoms with Gasteiger partial charge in [0.2, 0.25) is 0 Å². The first-order valence-corrected chi connectivity index (χ1v) is 10.2. The van der Waals surface area contributed by atoms with Crippen LogP contribution in [0.5, 0.6) is 11.5 Å². The van der Waals surface area contributed by atoms with Crippen molar-refractivity contribution in [3.05, 3.63) is 59.7 Å². The number of nitrogens with zero attached hydrogens (tertiary/aromatic N) is 1. The van der Waals surface area contributed by atoms with E-state index in [0.29, 0.717) is 50.0 Å². The average Bonchev–Trinajstić information content (AvgIpc) is 2.79. The molecule has 1 aliphatic heterocycles. The second-order valence-corrected chi connectivity index (χ2v) is 6.98. The lowest BCUT2D eigenvalue weighted by molar-refractivity contribution is -0.137. The first kappa shape index (κ1) is 21.6. The maximum absolute atomic E-state index is 12.7. The van der Waals surface area contributed by atoms with Crippen molar-refractivity contribution in [1.82, 2.24) is 10.2 Å².